The van der Waals surface area contributed by atoms with Gasteiger partial charge in [-0.2, -0.15) is 0 Å². The highest BCUT2D eigenvalue weighted by Crippen LogP contribution is 2.50. The zero-order valence-electron chi connectivity index (χ0n) is 7.23. The smallest absolute Gasteiger partial charge is 0.166 e. The minimum atomic E-state index is -0.592. The third-order valence-electron chi connectivity index (χ3n) is 2.61. The summed E-state index contributed by atoms with van der Waals surface area (Å²) in [5, 5.41) is 9.11. The molecule has 1 fully saturated rings. The molecule has 1 aromatic heterocycles. The Balaban J connectivity index is 2.49. The molecule has 1 aliphatic carbocycles. The van der Waals surface area contributed by atoms with E-state index in [1.165, 1.54) is 6.07 Å². The highest BCUT2D eigenvalue weighted by atomic mass is 35.5. The largest absolute Gasteiger partial charge is 0.395 e. The second-order valence-electron chi connectivity index (χ2n) is 3.54. The average Bonchev–Trinajstić information content (AvgIpc) is 2.92. The molecule has 0 saturated heterocycles. The number of halogens is 3. The molecule has 1 saturated carbocycles. The maximum atomic E-state index is 13.1. The standard InChI is InChI=1S/C9H8Cl2FNO/c10-7-5(9(4-14)1-2-9)3-6(12)8(11)13-7/h3,14H,1-2,4H2. The molecule has 76 valence electrons. The third kappa shape index (κ3) is 1.49. The number of aliphatic hydroxyl groups is 1. The Kier molecular flexibility index (Phi) is 2.41. The Morgan fingerprint density at radius 2 is 2.07 bits per heavy atom. The van der Waals surface area contributed by atoms with Crippen molar-refractivity contribution < 1.29 is 9.50 Å². The molecule has 1 heterocycles. The number of pyridine rings is 1. The Labute approximate surface area is 90.7 Å². The van der Waals surface area contributed by atoms with E-state index in [1.54, 1.807) is 0 Å². The van der Waals surface area contributed by atoms with Gasteiger partial charge in [0.15, 0.2) is 11.0 Å². The van der Waals surface area contributed by atoms with Gasteiger partial charge < -0.3 is 5.11 Å². The summed E-state index contributed by atoms with van der Waals surface area (Å²) in [7, 11) is 0. The van der Waals surface area contributed by atoms with Crippen LogP contribution in [0, 0.1) is 5.82 Å². The molecule has 0 unspecified atom stereocenters. The van der Waals surface area contributed by atoms with E-state index in [4.69, 9.17) is 28.3 Å². The first-order chi connectivity index (χ1) is 6.59. The van der Waals surface area contributed by atoms with Gasteiger partial charge in [0.05, 0.1) is 6.61 Å². The van der Waals surface area contributed by atoms with Crippen LogP contribution < -0.4 is 0 Å². The fourth-order valence-electron chi connectivity index (χ4n) is 1.48. The topological polar surface area (TPSA) is 33.1 Å². The lowest BCUT2D eigenvalue weighted by Crippen LogP contribution is -2.13. The first kappa shape index (κ1) is 10.1. The Morgan fingerprint density at radius 1 is 1.43 bits per heavy atom. The lowest BCUT2D eigenvalue weighted by Gasteiger charge is -2.13. The number of hydrogen-bond donors (Lipinski definition) is 1. The Morgan fingerprint density at radius 3 is 2.57 bits per heavy atom. The van der Waals surface area contributed by atoms with Crippen LogP contribution in [0.3, 0.4) is 0 Å². The lowest BCUT2D eigenvalue weighted by molar-refractivity contribution is 0.254. The molecule has 0 atom stereocenters. The number of aliphatic hydroxyl groups excluding tert-OH is 1. The van der Waals surface area contributed by atoms with Crippen molar-refractivity contribution in [3.8, 4) is 0 Å². The predicted molar refractivity (Wildman–Crippen MR) is 52.2 cm³/mol. The summed E-state index contributed by atoms with van der Waals surface area (Å²) >= 11 is 11.3. The molecule has 1 aliphatic rings. The summed E-state index contributed by atoms with van der Waals surface area (Å²) < 4.78 is 13.1. The minimum absolute atomic E-state index is 0.0323. The molecule has 0 amide bonds. The van der Waals surface area contributed by atoms with Crippen LogP contribution in [0.5, 0.6) is 0 Å². The summed E-state index contributed by atoms with van der Waals surface area (Å²) in [6.45, 7) is -0.0323. The zero-order chi connectivity index (χ0) is 10.3. The van der Waals surface area contributed by atoms with Crippen molar-refractivity contribution in [2.45, 2.75) is 18.3 Å². The number of rotatable bonds is 2. The highest BCUT2D eigenvalue weighted by Gasteiger charge is 2.45. The third-order valence-corrected chi connectivity index (χ3v) is 3.17. The van der Waals surface area contributed by atoms with E-state index in [0.29, 0.717) is 5.56 Å². The highest BCUT2D eigenvalue weighted by molar-refractivity contribution is 6.33. The van der Waals surface area contributed by atoms with E-state index in [0.717, 1.165) is 12.8 Å². The normalized spacial score (nSPS) is 18.3. The summed E-state index contributed by atoms with van der Waals surface area (Å²) in [6.07, 6.45) is 1.62. The van der Waals surface area contributed by atoms with Crippen molar-refractivity contribution >= 4 is 23.2 Å². The maximum absolute atomic E-state index is 13.1. The second-order valence-corrected chi connectivity index (χ2v) is 4.25. The first-order valence-electron chi connectivity index (χ1n) is 4.22. The molecule has 0 spiro atoms. The molecule has 0 radical (unpaired) electrons. The molecule has 2 rings (SSSR count). The van der Waals surface area contributed by atoms with Gasteiger partial charge in [0, 0.05) is 11.0 Å². The predicted octanol–water partition coefficient (Wildman–Crippen LogP) is 2.55. The van der Waals surface area contributed by atoms with Crippen LogP contribution in [0.25, 0.3) is 0 Å². The van der Waals surface area contributed by atoms with Gasteiger partial charge in [-0.15, -0.1) is 0 Å². The number of nitrogens with zero attached hydrogens (tertiary/aromatic N) is 1. The van der Waals surface area contributed by atoms with Crippen molar-refractivity contribution in [1.29, 1.82) is 0 Å². The van der Waals surface area contributed by atoms with E-state index in [2.05, 4.69) is 4.98 Å². The van der Waals surface area contributed by atoms with E-state index < -0.39 is 5.82 Å². The van der Waals surface area contributed by atoms with Gasteiger partial charge in [-0.3, -0.25) is 0 Å². The molecule has 0 aliphatic heterocycles. The Bertz CT molecular complexity index is 379. The quantitative estimate of drug-likeness (QED) is 0.800. The first-order valence-corrected chi connectivity index (χ1v) is 4.97. The van der Waals surface area contributed by atoms with E-state index in [9.17, 15) is 4.39 Å². The van der Waals surface area contributed by atoms with Crippen molar-refractivity contribution in [3.63, 3.8) is 0 Å². The van der Waals surface area contributed by atoms with Crippen LogP contribution in [0.4, 0.5) is 4.39 Å². The summed E-state index contributed by atoms with van der Waals surface area (Å²) in [5.74, 6) is -0.592. The molecule has 0 bridgehead atoms. The van der Waals surface area contributed by atoms with E-state index in [1.807, 2.05) is 0 Å². The molecule has 5 heteroatoms. The molecular weight excluding hydrogens is 228 g/mol. The van der Waals surface area contributed by atoms with Crippen LogP contribution in [0.1, 0.15) is 18.4 Å². The van der Waals surface area contributed by atoms with Crippen LogP contribution in [0.15, 0.2) is 6.07 Å². The Hall–Kier alpha value is -0.380. The van der Waals surface area contributed by atoms with Crippen molar-refractivity contribution in [3.05, 3.63) is 27.8 Å². The minimum Gasteiger partial charge on any atom is -0.395 e. The van der Waals surface area contributed by atoms with Crippen molar-refractivity contribution in [1.82, 2.24) is 4.98 Å². The van der Waals surface area contributed by atoms with Gasteiger partial charge in [0.1, 0.15) is 5.15 Å². The fraction of sp³-hybridized carbons (Fsp3) is 0.444. The fourth-order valence-corrected chi connectivity index (χ4v) is 2.00. The van der Waals surface area contributed by atoms with E-state index in [-0.39, 0.29) is 22.3 Å². The number of aromatic nitrogens is 1. The van der Waals surface area contributed by atoms with Crippen LogP contribution in [-0.2, 0) is 5.41 Å². The number of hydrogen-bond acceptors (Lipinski definition) is 2. The lowest BCUT2D eigenvalue weighted by atomic mass is 9.99. The van der Waals surface area contributed by atoms with Crippen molar-refractivity contribution in [2.75, 3.05) is 6.61 Å². The molecule has 14 heavy (non-hydrogen) atoms. The summed E-state index contributed by atoms with van der Waals surface area (Å²) in [6, 6.07) is 1.26. The van der Waals surface area contributed by atoms with Crippen LogP contribution in [-0.4, -0.2) is 16.7 Å². The monoisotopic (exact) mass is 235 g/mol. The average molecular weight is 236 g/mol. The van der Waals surface area contributed by atoms with Gasteiger partial charge in [-0.1, -0.05) is 23.2 Å². The molecule has 2 nitrogen and oxygen atoms in total. The maximum Gasteiger partial charge on any atom is 0.166 e. The molecule has 0 aromatic carbocycles. The van der Waals surface area contributed by atoms with Crippen molar-refractivity contribution in [2.24, 2.45) is 0 Å². The SMILES string of the molecule is OCC1(c2cc(F)c(Cl)nc2Cl)CC1. The van der Waals surface area contributed by atoms with E-state index >= 15 is 0 Å². The zero-order valence-corrected chi connectivity index (χ0v) is 8.74. The summed E-state index contributed by atoms with van der Waals surface area (Å²) in [4.78, 5) is 3.67. The molecular formula is C9H8Cl2FNO. The molecule has 1 N–H and O–H groups in total. The molecule has 1 aromatic rings. The van der Waals surface area contributed by atoms with Gasteiger partial charge in [0.25, 0.3) is 0 Å². The van der Waals surface area contributed by atoms with Gasteiger partial charge >= 0.3 is 0 Å². The van der Waals surface area contributed by atoms with Crippen LogP contribution >= 0.6 is 23.2 Å². The van der Waals surface area contributed by atoms with Gasteiger partial charge in [-0.25, -0.2) is 9.37 Å². The van der Waals surface area contributed by atoms with Gasteiger partial charge in [0.2, 0.25) is 0 Å². The van der Waals surface area contributed by atoms with Crippen LogP contribution in [0.2, 0.25) is 10.3 Å². The van der Waals surface area contributed by atoms with Gasteiger partial charge in [-0.05, 0) is 18.9 Å². The second kappa shape index (κ2) is 3.33. The summed E-state index contributed by atoms with van der Waals surface area (Å²) in [5.41, 5.74) is 0.179.